The van der Waals surface area contributed by atoms with Gasteiger partial charge in [0.1, 0.15) is 11.4 Å². The van der Waals surface area contributed by atoms with Gasteiger partial charge in [-0.15, -0.1) is 5.11 Å². The van der Waals surface area contributed by atoms with Gasteiger partial charge in [-0.25, -0.2) is 0 Å². The van der Waals surface area contributed by atoms with Gasteiger partial charge in [0, 0.05) is 12.4 Å². The van der Waals surface area contributed by atoms with Crippen LogP contribution >= 0.6 is 0 Å². The average molecular weight is 291 g/mol. The molecule has 0 saturated heterocycles. The third kappa shape index (κ3) is 2.76. The number of benzene rings is 3. The van der Waals surface area contributed by atoms with E-state index < -0.39 is 0 Å². The molecule has 0 aromatic heterocycles. The summed E-state index contributed by atoms with van der Waals surface area (Å²) >= 11 is 0. The Morgan fingerprint density at radius 3 is 2.36 bits per heavy atom. The highest BCUT2D eigenvalue weighted by Crippen LogP contribution is 2.35. The Kier molecular flexibility index (Phi) is 4.01. The first-order chi connectivity index (χ1) is 10.8. The fourth-order valence-electron chi connectivity index (χ4n) is 2.32. The van der Waals surface area contributed by atoms with Crippen LogP contribution < -0.4 is 10.1 Å². The minimum atomic E-state index is 0.788. The van der Waals surface area contributed by atoms with Gasteiger partial charge in [0.2, 0.25) is 0 Å². The fourth-order valence-corrected chi connectivity index (χ4v) is 2.32. The van der Waals surface area contributed by atoms with Crippen molar-refractivity contribution in [3.63, 3.8) is 0 Å². The van der Waals surface area contributed by atoms with Crippen LogP contribution in [0.5, 0.6) is 5.75 Å². The number of azo groups is 1. The summed E-state index contributed by atoms with van der Waals surface area (Å²) in [4.78, 5) is 0. The summed E-state index contributed by atoms with van der Waals surface area (Å²) < 4.78 is 5.14. The molecule has 0 atom stereocenters. The number of nitrogens with one attached hydrogen (secondary N) is 1. The molecule has 0 radical (unpaired) electrons. The largest absolute Gasteiger partial charge is 0.497 e. The Balaban J connectivity index is 2.02. The number of methoxy groups -OCH3 is 1. The van der Waals surface area contributed by atoms with Crippen molar-refractivity contribution in [1.82, 2.24) is 0 Å². The summed E-state index contributed by atoms with van der Waals surface area (Å²) in [5, 5.41) is 14.2. The van der Waals surface area contributed by atoms with Crippen LogP contribution in [0.25, 0.3) is 10.8 Å². The molecule has 22 heavy (non-hydrogen) atoms. The molecule has 0 unspecified atom stereocenters. The lowest BCUT2D eigenvalue weighted by atomic mass is 10.1. The number of fused-ring (bicyclic) bond motifs is 1. The number of anilines is 1. The Morgan fingerprint density at radius 2 is 1.64 bits per heavy atom. The molecule has 1 N–H and O–H groups in total. The van der Waals surface area contributed by atoms with Crippen LogP contribution in [0.2, 0.25) is 0 Å². The third-order valence-corrected chi connectivity index (χ3v) is 3.51. The van der Waals surface area contributed by atoms with Crippen molar-refractivity contribution >= 4 is 27.8 Å². The molecule has 0 fully saturated rings. The van der Waals surface area contributed by atoms with E-state index in [1.807, 2.05) is 49.5 Å². The molecule has 4 nitrogen and oxygen atoms in total. The Bertz CT molecular complexity index is 810. The van der Waals surface area contributed by atoms with Crippen molar-refractivity contribution in [2.75, 3.05) is 19.5 Å². The summed E-state index contributed by atoms with van der Waals surface area (Å²) in [6.07, 6.45) is 0. The maximum Gasteiger partial charge on any atom is 0.119 e. The minimum Gasteiger partial charge on any atom is -0.497 e. The maximum absolute atomic E-state index is 5.14. The lowest BCUT2D eigenvalue weighted by Gasteiger charge is -2.08. The SMILES string of the molecule is CNc1ccc2ccccc2c1N=Nc1ccc(OC)cc1. The molecule has 110 valence electrons. The number of hydrogen-bond donors (Lipinski definition) is 1. The molecule has 0 spiro atoms. The molecule has 3 aromatic rings. The second-order valence-corrected chi connectivity index (χ2v) is 4.83. The molecule has 0 heterocycles. The molecular formula is C18H17N3O. The van der Waals surface area contributed by atoms with Gasteiger partial charge >= 0.3 is 0 Å². The zero-order valence-electron chi connectivity index (χ0n) is 12.6. The first-order valence-electron chi connectivity index (χ1n) is 7.07. The molecule has 0 aliphatic rings. The van der Waals surface area contributed by atoms with Crippen molar-refractivity contribution in [2.24, 2.45) is 10.2 Å². The van der Waals surface area contributed by atoms with E-state index in [1.165, 1.54) is 0 Å². The van der Waals surface area contributed by atoms with Gasteiger partial charge < -0.3 is 10.1 Å². The van der Waals surface area contributed by atoms with Crippen LogP contribution in [0.4, 0.5) is 17.1 Å². The van der Waals surface area contributed by atoms with Crippen molar-refractivity contribution in [2.45, 2.75) is 0 Å². The summed E-state index contributed by atoms with van der Waals surface area (Å²) in [5.41, 5.74) is 2.59. The molecular weight excluding hydrogens is 274 g/mol. The molecule has 0 saturated carbocycles. The van der Waals surface area contributed by atoms with Gasteiger partial charge in [0.25, 0.3) is 0 Å². The molecule has 0 aliphatic heterocycles. The van der Waals surface area contributed by atoms with E-state index in [9.17, 15) is 0 Å². The molecule has 4 heteroatoms. The van der Waals surface area contributed by atoms with E-state index in [0.717, 1.165) is 33.6 Å². The van der Waals surface area contributed by atoms with Crippen LogP contribution in [-0.4, -0.2) is 14.2 Å². The van der Waals surface area contributed by atoms with E-state index in [2.05, 4.69) is 33.7 Å². The molecule has 3 aromatic carbocycles. The summed E-state index contributed by atoms with van der Waals surface area (Å²) in [5.74, 6) is 0.806. The summed E-state index contributed by atoms with van der Waals surface area (Å²) in [6.45, 7) is 0. The Morgan fingerprint density at radius 1 is 0.864 bits per heavy atom. The van der Waals surface area contributed by atoms with E-state index >= 15 is 0 Å². The normalized spacial score (nSPS) is 11.0. The lowest BCUT2D eigenvalue weighted by Crippen LogP contribution is -1.88. The van der Waals surface area contributed by atoms with Gasteiger partial charge in [-0.3, -0.25) is 0 Å². The summed E-state index contributed by atoms with van der Waals surface area (Å²) in [6, 6.07) is 19.8. The van der Waals surface area contributed by atoms with Crippen LogP contribution in [0.15, 0.2) is 70.9 Å². The van der Waals surface area contributed by atoms with Gasteiger partial charge in [-0.2, -0.15) is 5.11 Å². The molecule has 0 amide bonds. The monoisotopic (exact) mass is 291 g/mol. The van der Waals surface area contributed by atoms with Crippen LogP contribution in [-0.2, 0) is 0 Å². The summed E-state index contributed by atoms with van der Waals surface area (Å²) in [7, 11) is 3.53. The van der Waals surface area contributed by atoms with E-state index in [1.54, 1.807) is 7.11 Å². The van der Waals surface area contributed by atoms with Gasteiger partial charge in [-0.1, -0.05) is 30.3 Å². The smallest absolute Gasteiger partial charge is 0.119 e. The highest BCUT2D eigenvalue weighted by molar-refractivity contribution is 5.98. The van der Waals surface area contributed by atoms with Crippen LogP contribution in [0.3, 0.4) is 0 Å². The first kappa shape index (κ1) is 14.1. The van der Waals surface area contributed by atoms with Crippen molar-refractivity contribution < 1.29 is 4.74 Å². The van der Waals surface area contributed by atoms with E-state index in [-0.39, 0.29) is 0 Å². The van der Waals surface area contributed by atoms with Crippen LogP contribution in [0.1, 0.15) is 0 Å². The third-order valence-electron chi connectivity index (χ3n) is 3.51. The second kappa shape index (κ2) is 6.26. The quantitative estimate of drug-likeness (QED) is 0.662. The number of nitrogens with zero attached hydrogens (tertiary/aromatic N) is 2. The Labute approximate surface area is 129 Å². The predicted molar refractivity (Wildman–Crippen MR) is 90.7 cm³/mol. The van der Waals surface area contributed by atoms with Gasteiger partial charge in [0.05, 0.1) is 18.5 Å². The first-order valence-corrected chi connectivity index (χ1v) is 7.07. The highest BCUT2D eigenvalue weighted by Gasteiger charge is 2.05. The topological polar surface area (TPSA) is 46.0 Å². The minimum absolute atomic E-state index is 0.788. The van der Waals surface area contributed by atoms with Crippen LogP contribution in [0, 0.1) is 0 Å². The maximum atomic E-state index is 5.14. The lowest BCUT2D eigenvalue weighted by molar-refractivity contribution is 0.415. The molecule has 0 bridgehead atoms. The van der Waals surface area contributed by atoms with Gasteiger partial charge in [0.15, 0.2) is 0 Å². The number of rotatable bonds is 4. The highest BCUT2D eigenvalue weighted by atomic mass is 16.5. The fraction of sp³-hybridized carbons (Fsp3) is 0.111. The molecule has 3 rings (SSSR count). The number of hydrogen-bond acceptors (Lipinski definition) is 4. The zero-order valence-corrected chi connectivity index (χ0v) is 12.6. The average Bonchev–Trinajstić information content (AvgIpc) is 2.60. The van der Waals surface area contributed by atoms with E-state index in [4.69, 9.17) is 4.74 Å². The zero-order chi connectivity index (χ0) is 15.4. The van der Waals surface area contributed by atoms with Crippen molar-refractivity contribution in [3.8, 4) is 5.75 Å². The predicted octanol–water partition coefficient (Wildman–Crippen LogP) is 5.31. The molecule has 0 aliphatic carbocycles. The second-order valence-electron chi connectivity index (χ2n) is 4.83. The van der Waals surface area contributed by atoms with E-state index in [0.29, 0.717) is 0 Å². The van der Waals surface area contributed by atoms with Gasteiger partial charge in [-0.05, 0) is 35.7 Å². The number of ether oxygens (including phenoxy) is 1. The van der Waals surface area contributed by atoms with Crippen molar-refractivity contribution in [1.29, 1.82) is 0 Å². The Hall–Kier alpha value is -2.88. The van der Waals surface area contributed by atoms with Crippen molar-refractivity contribution in [3.05, 3.63) is 60.7 Å². The standard InChI is InChI=1S/C18H17N3O/c1-19-17-12-7-13-5-3-4-6-16(13)18(17)21-20-14-8-10-15(22-2)11-9-14/h3-12,19H,1-2H3.